The minimum Gasteiger partial charge on any atom is -0.396 e. The van der Waals surface area contributed by atoms with Gasteiger partial charge in [0.25, 0.3) is 0 Å². The molecule has 1 aliphatic carbocycles. The predicted octanol–water partition coefficient (Wildman–Crippen LogP) is 1.39. The lowest BCUT2D eigenvalue weighted by Crippen LogP contribution is -2.34. The Balaban J connectivity index is 1.96. The van der Waals surface area contributed by atoms with Gasteiger partial charge in [0.05, 0.1) is 0 Å². The van der Waals surface area contributed by atoms with Crippen molar-refractivity contribution in [2.45, 2.75) is 39.2 Å². The number of hydrogen-bond acceptors (Lipinski definition) is 2. The maximum Gasteiger partial charge on any atom is 0.0471 e. The first-order valence-electron chi connectivity index (χ1n) is 5.08. The third-order valence-electron chi connectivity index (χ3n) is 2.86. The lowest BCUT2D eigenvalue weighted by molar-refractivity contribution is 0.207. The highest BCUT2D eigenvalue weighted by Gasteiger charge is 2.20. The van der Waals surface area contributed by atoms with Crippen LogP contribution in [0.5, 0.6) is 0 Å². The number of aliphatic hydroxyl groups is 1. The van der Waals surface area contributed by atoms with Gasteiger partial charge < -0.3 is 10.4 Å². The summed E-state index contributed by atoms with van der Waals surface area (Å²) in [7, 11) is 0. The second kappa shape index (κ2) is 4.83. The van der Waals surface area contributed by atoms with Crippen LogP contribution in [0.25, 0.3) is 0 Å². The van der Waals surface area contributed by atoms with Crippen molar-refractivity contribution in [1.82, 2.24) is 5.32 Å². The normalized spacial score (nSPS) is 22.2. The Morgan fingerprint density at radius 2 is 2.08 bits per heavy atom. The van der Waals surface area contributed by atoms with E-state index in [9.17, 15) is 0 Å². The van der Waals surface area contributed by atoms with Crippen molar-refractivity contribution in [3.05, 3.63) is 0 Å². The zero-order valence-corrected chi connectivity index (χ0v) is 8.21. The average molecular weight is 171 g/mol. The quantitative estimate of drug-likeness (QED) is 0.633. The van der Waals surface area contributed by atoms with Crippen molar-refractivity contribution in [3.63, 3.8) is 0 Å². The average Bonchev–Trinajstić information content (AvgIpc) is 2.86. The molecule has 0 aromatic carbocycles. The van der Waals surface area contributed by atoms with Gasteiger partial charge in [0.1, 0.15) is 0 Å². The maximum atomic E-state index is 8.89. The molecule has 0 amide bonds. The molecule has 0 heterocycles. The highest BCUT2D eigenvalue weighted by Crippen LogP contribution is 2.31. The zero-order valence-electron chi connectivity index (χ0n) is 8.21. The first kappa shape index (κ1) is 10.0. The summed E-state index contributed by atoms with van der Waals surface area (Å²) in [5.74, 6) is 1.39. The Hall–Kier alpha value is -0.0800. The largest absolute Gasteiger partial charge is 0.396 e. The van der Waals surface area contributed by atoms with E-state index in [4.69, 9.17) is 5.11 Å². The van der Waals surface area contributed by atoms with Gasteiger partial charge in [-0.2, -0.15) is 0 Å². The van der Waals surface area contributed by atoms with Crippen LogP contribution in [0, 0.1) is 11.8 Å². The van der Waals surface area contributed by atoms with Gasteiger partial charge >= 0.3 is 0 Å². The van der Waals surface area contributed by atoms with Crippen molar-refractivity contribution >= 4 is 0 Å². The van der Waals surface area contributed by atoms with Gasteiger partial charge in [-0.05, 0) is 31.7 Å². The van der Waals surface area contributed by atoms with Crippen LogP contribution in [0.15, 0.2) is 0 Å². The minimum atomic E-state index is 0.289. The monoisotopic (exact) mass is 171 g/mol. The summed E-state index contributed by atoms with van der Waals surface area (Å²) in [4.78, 5) is 0. The summed E-state index contributed by atoms with van der Waals surface area (Å²) in [5, 5.41) is 12.3. The lowest BCUT2D eigenvalue weighted by Gasteiger charge is -2.18. The molecule has 2 N–H and O–H groups in total. The lowest BCUT2D eigenvalue weighted by atomic mass is 10.1. The van der Waals surface area contributed by atoms with Crippen molar-refractivity contribution in [3.8, 4) is 0 Å². The first-order valence-corrected chi connectivity index (χ1v) is 5.08. The Bertz CT molecular complexity index is 123. The SMILES string of the molecule is CC(CO)C(C)NCCC1CC1. The molecular formula is C10H21NO. The molecule has 2 unspecified atom stereocenters. The minimum absolute atomic E-state index is 0.289. The maximum absolute atomic E-state index is 8.89. The van der Waals surface area contributed by atoms with Crippen molar-refractivity contribution in [2.75, 3.05) is 13.2 Å². The number of nitrogens with one attached hydrogen (secondary N) is 1. The van der Waals surface area contributed by atoms with Crippen LogP contribution in [0.2, 0.25) is 0 Å². The molecule has 2 nitrogen and oxygen atoms in total. The third-order valence-corrected chi connectivity index (χ3v) is 2.86. The van der Waals surface area contributed by atoms with Crippen LogP contribution in [-0.2, 0) is 0 Å². The zero-order chi connectivity index (χ0) is 8.97. The van der Waals surface area contributed by atoms with E-state index in [1.807, 2.05) is 0 Å². The molecule has 0 bridgehead atoms. The molecule has 0 aliphatic heterocycles. The van der Waals surface area contributed by atoms with Gasteiger partial charge in [-0.3, -0.25) is 0 Å². The van der Waals surface area contributed by atoms with E-state index in [1.165, 1.54) is 19.3 Å². The van der Waals surface area contributed by atoms with Crippen LogP contribution < -0.4 is 5.32 Å². The van der Waals surface area contributed by atoms with Crippen LogP contribution in [0.3, 0.4) is 0 Å². The fourth-order valence-electron chi connectivity index (χ4n) is 1.28. The standard InChI is InChI=1S/C10H21NO/c1-8(7-12)9(2)11-6-5-10-3-4-10/h8-12H,3-7H2,1-2H3. The highest BCUT2D eigenvalue weighted by molar-refractivity contribution is 4.75. The summed E-state index contributed by atoms with van der Waals surface area (Å²) in [5.41, 5.74) is 0. The number of aliphatic hydroxyl groups excluding tert-OH is 1. The topological polar surface area (TPSA) is 32.3 Å². The van der Waals surface area contributed by atoms with Crippen LogP contribution in [0.1, 0.15) is 33.1 Å². The molecule has 2 heteroatoms. The van der Waals surface area contributed by atoms with E-state index in [-0.39, 0.29) is 6.61 Å². The van der Waals surface area contributed by atoms with Gasteiger partial charge in [0, 0.05) is 12.6 Å². The third kappa shape index (κ3) is 3.55. The molecule has 1 saturated carbocycles. The number of rotatable bonds is 6. The molecule has 2 atom stereocenters. The fraction of sp³-hybridized carbons (Fsp3) is 1.00. The Labute approximate surface area is 75.4 Å². The molecule has 0 radical (unpaired) electrons. The molecule has 0 saturated heterocycles. The first-order chi connectivity index (χ1) is 5.74. The smallest absolute Gasteiger partial charge is 0.0471 e. The highest BCUT2D eigenvalue weighted by atomic mass is 16.3. The van der Waals surface area contributed by atoms with Crippen molar-refractivity contribution in [2.24, 2.45) is 11.8 Å². The second-order valence-electron chi connectivity index (χ2n) is 4.13. The molecule has 0 aromatic rings. The van der Waals surface area contributed by atoms with Gasteiger partial charge in [0.2, 0.25) is 0 Å². The van der Waals surface area contributed by atoms with Crippen LogP contribution in [0.4, 0.5) is 0 Å². The van der Waals surface area contributed by atoms with E-state index in [0.29, 0.717) is 12.0 Å². The fourth-order valence-corrected chi connectivity index (χ4v) is 1.28. The van der Waals surface area contributed by atoms with Crippen molar-refractivity contribution in [1.29, 1.82) is 0 Å². The predicted molar refractivity (Wildman–Crippen MR) is 51.1 cm³/mol. The summed E-state index contributed by atoms with van der Waals surface area (Å²) < 4.78 is 0. The van der Waals surface area contributed by atoms with E-state index >= 15 is 0 Å². The molecule has 0 spiro atoms. The van der Waals surface area contributed by atoms with E-state index in [2.05, 4.69) is 19.2 Å². The summed E-state index contributed by atoms with van der Waals surface area (Å²) in [6, 6.07) is 0.453. The molecule has 1 aliphatic rings. The Morgan fingerprint density at radius 1 is 1.42 bits per heavy atom. The molecule has 0 aromatic heterocycles. The van der Waals surface area contributed by atoms with Crippen LogP contribution in [-0.4, -0.2) is 24.3 Å². The molecule has 12 heavy (non-hydrogen) atoms. The molecule has 72 valence electrons. The molecule has 1 fully saturated rings. The van der Waals surface area contributed by atoms with E-state index < -0.39 is 0 Å². The van der Waals surface area contributed by atoms with Gasteiger partial charge in [0.15, 0.2) is 0 Å². The van der Waals surface area contributed by atoms with E-state index in [0.717, 1.165) is 12.5 Å². The second-order valence-corrected chi connectivity index (χ2v) is 4.13. The van der Waals surface area contributed by atoms with Gasteiger partial charge in [-0.1, -0.05) is 19.8 Å². The van der Waals surface area contributed by atoms with Gasteiger partial charge in [-0.25, -0.2) is 0 Å². The Kier molecular flexibility index (Phi) is 4.02. The summed E-state index contributed by atoms with van der Waals surface area (Å²) in [6.45, 7) is 5.64. The number of hydrogen-bond donors (Lipinski definition) is 2. The van der Waals surface area contributed by atoms with E-state index in [1.54, 1.807) is 0 Å². The molecular weight excluding hydrogens is 150 g/mol. The Morgan fingerprint density at radius 3 is 2.58 bits per heavy atom. The summed E-state index contributed by atoms with van der Waals surface area (Å²) >= 11 is 0. The van der Waals surface area contributed by atoms with Crippen LogP contribution >= 0.6 is 0 Å². The van der Waals surface area contributed by atoms with Crippen molar-refractivity contribution < 1.29 is 5.11 Å². The summed E-state index contributed by atoms with van der Waals surface area (Å²) in [6.07, 6.45) is 4.19. The van der Waals surface area contributed by atoms with Gasteiger partial charge in [-0.15, -0.1) is 0 Å². The molecule has 1 rings (SSSR count).